The molecule has 7 atom stereocenters. The van der Waals surface area contributed by atoms with E-state index >= 15 is 0 Å². The lowest BCUT2D eigenvalue weighted by atomic mass is 9.41. The van der Waals surface area contributed by atoms with Crippen molar-refractivity contribution in [3.63, 3.8) is 0 Å². The van der Waals surface area contributed by atoms with Crippen molar-refractivity contribution in [3.05, 3.63) is 0 Å². The predicted octanol–water partition coefficient (Wildman–Crippen LogP) is 4.27. The number of rotatable bonds is 2. The fourth-order valence-electron chi connectivity index (χ4n) is 8.21. The van der Waals surface area contributed by atoms with Gasteiger partial charge in [-0.25, -0.2) is 0 Å². The maximum Gasteiger partial charge on any atom is 0.311 e. The van der Waals surface area contributed by atoms with E-state index in [4.69, 9.17) is 4.74 Å². The highest BCUT2D eigenvalue weighted by molar-refractivity contribution is 5.77. The molecule has 4 fully saturated rings. The van der Waals surface area contributed by atoms with Gasteiger partial charge in [-0.05, 0) is 86.9 Å². The van der Waals surface area contributed by atoms with Gasteiger partial charge in [0.2, 0.25) is 0 Å². The van der Waals surface area contributed by atoms with Gasteiger partial charge in [0.05, 0.1) is 18.4 Å². The summed E-state index contributed by atoms with van der Waals surface area (Å²) >= 11 is 0. The Morgan fingerprint density at radius 2 is 1.76 bits per heavy atom. The molecule has 4 aliphatic carbocycles. The number of hydrogen-bond donors (Lipinski definition) is 1. The first-order valence-corrected chi connectivity index (χ1v) is 10.1. The third kappa shape index (κ3) is 2.18. The number of carboxylic acid groups (broad SMARTS) is 1. The number of fused-ring (bicyclic) bond motifs is 3. The number of carbonyl (C=O) groups excluding carboxylic acids is 1. The minimum atomic E-state index is -0.585. The molecule has 4 heteroatoms. The van der Waals surface area contributed by atoms with Crippen molar-refractivity contribution < 1.29 is 19.4 Å². The van der Waals surface area contributed by atoms with E-state index in [1.165, 1.54) is 13.5 Å². The van der Waals surface area contributed by atoms with Gasteiger partial charge in [-0.3, -0.25) is 9.59 Å². The molecule has 4 rings (SSSR count). The van der Waals surface area contributed by atoms with Gasteiger partial charge in [-0.15, -0.1) is 0 Å². The van der Waals surface area contributed by atoms with E-state index < -0.39 is 5.97 Å². The van der Waals surface area contributed by atoms with E-state index in [0.717, 1.165) is 51.4 Å². The Balaban J connectivity index is 1.70. The molecule has 0 heterocycles. The Bertz CT molecular complexity index is 601. The summed E-state index contributed by atoms with van der Waals surface area (Å²) < 4.78 is 5.21. The molecule has 0 unspecified atom stereocenters. The molecule has 140 valence electrons. The highest BCUT2D eigenvalue weighted by Gasteiger charge is 2.66. The first-order valence-electron chi connectivity index (χ1n) is 10.1. The Labute approximate surface area is 150 Å². The standard InChI is InChI=1S/C21H32O4/c1-19-8-4-9-20(2,18(24)25-3)15(19)7-10-21-11-13(5-6-16(19)21)14(12-21)17(22)23/h13-16H,4-12H2,1-3H3,(H,22,23)/t13-,14-,15-,16-,19+,20+,21-/m0/s1. The third-order valence-corrected chi connectivity index (χ3v) is 9.10. The molecular weight excluding hydrogens is 316 g/mol. The number of aliphatic carboxylic acids is 1. The molecule has 1 N–H and O–H groups in total. The Hall–Kier alpha value is -1.06. The number of ether oxygens (including phenoxy) is 1. The Morgan fingerprint density at radius 3 is 2.44 bits per heavy atom. The van der Waals surface area contributed by atoms with Gasteiger partial charge in [-0.2, -0.15) is 0 Å². The summed E-state index contributed by atoms with van der Waals surface area (Å²) in [5, 5.41) is 9.67. The largest absolute Gasteiger partial charge is 0.481 e. The van der Waals surface area contributed by atoms with E-state index in [1.54, 1.807) is 0 Å². The average molecular weight is 348 g/mol. The van der Waals surface area contributed by atoms with Crippen LogP contribution in [-0.2, 0) is 14.3 Å². The second-order valence-electron chi connectivity index (χ2n) is 9.97. The topological polar surface area (TPSA) is 63.6 Å². The number of methoxy groups -OCH3 is 1. The summed E-state index contributed by atoms with van der Waals surface area (Å²) in [7, 11) is 1.52. The molecule has 0 amide bonds. The van der Waals surface area contributed by atoms with Crippen LogP contribution in [0.5, 0.6) is 0 Å². The number of hydrogen-bond acceptors (Lipinski definition) is 3. The minimum Gasteiger partial charge on any atom is -0.481 e. The first kappa shape index (κ1) is 17.4. The van der Waals surface area contributed by atoms with Crippen LogP contribution in [0.4, 0.5) is 0 Å². The smallest absolute Gasteiger partial charge is 0.311 e. The molecule has 0 aromatic heterocycles. The monoisotopic (exact) mass is 348 g/mol. The zero-order chi connectivity index (χ0) is 18.0. The van der Waals surface area contributed by atoms with Gasteiger partial charge in [0.15, 0.2) is 0 Å². The van der Waals surface area contributed by atoms with Gasteiger partial charge in [-0.1, -0.05) is 13.3 Å². The second kappa shape index (κ2) is 5.47. The van der Waals surface area contributed by atoms with E-state index in [1.807, 2.05) is 0 Å². The van der Waals surface area contributed by atoms with Crippen molar-refractivity contribution in [2.24, 2.45) is 39.9 Å². The van der Waals surface area contributed by atoms with Crippen LogP contribution in [0, 0.1) is 39.9 Å². The van der Waals surface area contributed by atoms with Gasteiger partial charge < -0.3 is 9.84 Å². The van der Waals surface area contributed by atoms with Crippen LogP contribution in [-0.4, -0.2) is 24.2 Å². The highest BCUT2D eigenvalue weighted by atomic mass is 16.5. The number of carboxylic acids is 1. The molecule has 0 saturated heterocycles. The maximum atomic E-state index is 12.6. The molecule has 4 aliphatic rings. The highest BCUT2D eigenvalue weighted by Crippen LogP contribution is 2.72. The maximum absolute atomic E-state index is 12.6. The molecule has 4 nitrogen and oxygen atoms in total. The molecule has 25 heavy (non-hydrogen) atoms. The Morgan fingerprint density at radius 1 is 1.00 bits per heavy atom. The Kier molecular flexibility index (Phi) is 3.80. The van der Waals surface area contributed by atoms with Gasteiger partial charge in [0.1, 0.15) is 0 Å². The lowest BCUT2D eigenvalue weighted by Crippen LogP contribution is -2.58. The first-order chi connectivity index (χ1) is 11.8. The molecule has 0 aromatic carbocycles. The second-order valence-corrected chi connectivity index (χ2v) is 9.97. The summed E-state index contributed by atoms with van der Waals surface area (Å²) in [6, 6.07) is 0. The molecule has 2 bridgehead atoms. The molecule has 1 spiro atoms. The summed E-state index contributed by atoms with van der Waals surface area (Å²) in [5.41, 5.74) is -0.00555. The van der Waals surface area contributed by atoms with E-state index in [9.17, 15) is 14.7 Å². The summed E-state index contributed by atoms with van der Waals surface area (Å²) in [4.78, 5) is 24.4. The van der Waals surface area contributed by atoms with Gasteiger partial charge >= 0.3 is 11.9 Å². The number of carbonyl (C=O) groups is 2. The van der Waals surface area contributed by atoms with Crippen LogP contribution in [0.2, 0.25) is 0 Å². The van der Waals surface area contributed by atoms with Crippen molar-refractivity contribution in [2.75, 3.05) is 7.11 Å². The molecule has 0 aromatic rings. The zero-order valence-electron chi connectivity index (χ0n) is 15.8. The fraction of sp³-hybridized carbons (Fsp3) is 0.905. The lowest BCUT2D eigenvalue weighted by molar-refractivity contribution is -0.183. The van der Waals surface area contributed by atoms with Crippen LogP contribution in [0.3, 0.4) is 0 Å². The van der Waals surface area contributed by atoms with E-state index in [2.05, 4.69) is 13.8 Å². The van der Waals surface area contributed by atoms with Crippen LogP contribution in [0.25, 0.3) is 0 Å². The van der Waals surface area contributed by atoms with Crippen molar-refractivity contribution in [2.45, 2.75) is 71.6 Å². The molecule has 0 radical (unpaired) electrons. The summed E-state index contributed by atoms with van der Waals surface area (Å²) in [5.74, 6) is 0.562. The van der Waals surface area contributed by atoms with E-state index in [0.29, 0.717) is 17.8 Å². The quantitative estimate of drug-likeness (QED) is 0.757. The fourth-order valence-corrected chi connectivity index (χ4v) is 8.21. The summed E-state index contributed by atoms with van der Waals surface area (Å²) in [6.07, 6.45) is 9.53. The van der Waals surface area contributed by atoms with Crippen molar-refractivity contribution >= 4 is 11.9 Å². The summed E-state index contributed by atoms with van der Waals surface area (Å²) in [6.45, 7) is 4.54. The average Bonchev–Trinajstić information content (AvgIpc) is 2.84. The predicted molar refractivity (Wildman–Crippen MR) is 93.8 cm³/mol. The van der Waals surface area contributed by atoms with E-state index in [-0.39, 0.29) is 28.1 Å². The van der Waals surface area contributed by atoms with Crippen molar-refractivity contribution in [1.29, 1.82) is 0 Å². The molecule has 4 saturated carbocycles. The lowest BCUT2D eigenvalue weighted by Gasteiger charge is -2.63. The van der Waals surface area contributed by atoms with Crippen molar-refractivity contribution in [1.82, 2.24) is 0 Å². The van der Waals surface area contributed by atoms with Gasteiger partial charge in [0, 0.05) is 0 Å². The normalized spacial score (nSPS) is 51.3. The van der Waals surface area contributed by atoms with Crippen molar-refractivity contribution in [3.8, 4) is 0 Å². The van der Waals surface area contributed by atoms with Crippen LogP contribution >= 0.6 is 0 Å². The van der Waals surface area contributed by atoms with Crippen LogP contribution in [0.15, 0.2) is 0 Å². The molecular formula is C21H32O4. The van der Waals surface area contributed by atoms with Crippen LogP contribution in [0.1, 0.15) is 71.6 Å². The third-order valence-electron chi connectivity index (χ3n) is 9.10. The SMILES string of the molecule is COC(=O)[C@]1(C)CCC[C@@]2(C)[C@@H]3CC[C@H]4C[C@@]3(CC[C@@H]21)C[C@@H]4C(=O)O. The number of esters is 1. The van der Waals surface area contributed by atoms with Crippen LogP contribution < -0.4 is 0 Å². The van der Waals surface area contributed by atoms with Gasteiger partial charge in [0.25, 0.3) is 0 Å². The zero-order valence-corrected chi connectivity index (χ0v) is 15.8. The minimum absolute atomic E-state index is 0.0390. The molecule has 0 aliphatic heterocycles.